The first-order valence-corrected chi connectivity index (χ1v) is 11.1. The van der Waals surface area contributed by atoms with E-state index < -0.39 is 0 Å². The number of likely N-dealkylation sites (tertiary alicyclic amines) is 1. The molecule has 3 heteroatoms. The van der Waals surface area contributed by atoms with Crippen LogP contribution in [0.1, 0.15) is 67.7 Å². The summed E-state index contributed by atoms with van der Waals surface area (Å²) in [6.45, 7) is 10.6. The zero-order valence-corrected chi connectivity index (χ0v) is 18.4. The third kappa shape index (κ3) is 5.70. The van der Waals surface area contributed by atoms with Gasteiger partial charge in [-0.05, 0) is 58.1 Å². The number of aryl methyl sites for hydroxylation is 2. The van der Waals surface area contributed by atoms with Crippen LogP contribution in [-0.4, -0.2) is 36.0 Å². The van der Waals surface area contributed by atoms with E-state index in [0.717, 1.165) is 30.6 Å². The SMILES string of the molecule is Cc1ccc(C(C(=O)NCCCN2C(C)CCCC2C)c2ccc(C)cc2)cc1. The molecule has 0 aliphatic carbocycles. The number of hydrogen-bond donors (Lipinski definition) is 1. The van der Waals surface area contributed by atoms with Crippen LogP contribution in [-0.2, 0) is 4.79 Å². The van der Waals surface area contributed by atoms with Gasteiger partial charge in [-0.1, -0.05) is 66.1 Å². The summed E-state index contributed by atoms with van der Waals surface area (Å²) in [4.78, 5) is 15.8. The molecule has 2 aromatic rings. The molecule has 0 aromatic heterocycles. The Kier molecular flexibility index (Phi) is 7.49. The summed E-state index contributed by atoms with van der Waals surface area (Å²) in [7, 11) is 0. The molecule has 1 N–H and O–H groups in total. The van der Waals surface area contributed by atoms with Crippen molar-refractivity contribution in [2.75, 3.05) is 13.1 Å². The second-order valence-corrected chi connectivity index (χ2v) is 8.77. The maximum atomic E-state index is 13.2. The van der Waals surface area contributed by atoms with Crippen molar-refractivity contribution in [2.45, 2.75) is 71.4 Å². The quantitative estimate of drug-likeness (QED) is 0.657. The lowest BCUT2D eigenvalue weighted by atomic mass is 9.89. The van der Waals surface area contributed by atoms with Crippen molar-refractivity contribution in [3.63, 3.8) is 0 Å². The Hall–Kier alpha value is -2.13. The monoisotopic (exact) mass is 392 g/mol. The molecule has 0 spiro atoms. The summed E-state index contributed by atoms with van der Waals surface area (Å²) < 4.78 is 0. The topological polar surface area (TPSA) is 32.3 Å². The highest BCUT2D eigenvalue weighted by Gasteiger charge is 2.25. The molecule has 0 saturated carbocycles. The van der Waals surface area contributed by atoms with Crippen molar-refractivity contribution in [1.29, 1.82) is 0 Å². The summed E-state index contributed by atoms with van der Waals surface area (Å²) >= 11 is 0. The molecule has 2 atom stereocenters. The summed E-state index contributed by atoms with van der Waals surface area (Å²) in [6.07, 6.45) is 4.92. The molecule has 156 valence electrons. The first-order valence-electron chi connectivity index (χ1n) is 11.1. The van der Waals surface area contributed by atoms with Crippen molar-refractivity contribution in [3.8, 4) is 0 Å². The van der Waals surface area contributed by atoms with Gasteiger partial charge in [0.1, 0.15) is 0 Å². The van der Waals surface area contributed by atoms with Crippen LogP contribution in [0.25, 0.3) is 0 Å². The zero-order valence-electron chi connectivity index (χ0n) is 18.4. The largest absolute Gasteiger partial charge is 0.355 e. The average molecular weight is 393 g/mol. The summed E-state index contributed by atoms with van der Waals surface area (Å²) in [6, 6.07) is 18.0. The Bertz CT molecular complexity index is 726. The third-order valence-electron chi connectivity index (χ3n) is 6.35. The Morgan fingerprint density at radius 3 is 1.90 bits per heavy atom. The van der Waals surface area contributed by atoms with Crippen LogP contribution in [0, 0.1) is 13.8 Å². The molecule has 0 radical (unpaired) electrons. The van der Waals surface area contributed by atoms with Gasteiger partial charge in [-0.2, -0.15) is 0 Å². The third-order valence-corrected chi connectivity index (χ3v) is 6.35. The summed E-state index contributed by atoms with van der Waals surface area (Å²) in [5.41, 5.74) is 4.52. The number of rotatable bonds is 7. The second kappa shape index (κ2) is 10.1. The van der Waals surface area contributed by atoms with E-state index in [-0.39, 0.29) is 11.8 Å². The zero-order chi connectivity index (χ0) is 20.8. The van der Waals surface area contributed by atoms with E-state index in [9.17, 15) is 4.79 Å². The Labute approximate surface area is 176 Å². The molecular formula is C26H36N2O. The normalized spacial score (nSPS) is 20.0. The van der Waals surface area contributed by atoms with Crippen LogP contribution >= 0.6 is 0 Å². The molecule has 3 rings (SSSR count). The van der Waals surface area contributed by atoms with Crippen molar-refractivity contribution >= 4 is 5.91 Å². The van der Waals surface area contributed by atoms with Crippen molar-refractivity contribution < 1.29 is 4.79 Å². The summed E-state index contributed by atoms with van der Waals surface area (Å²) in [5, 5.41) is 3.21. The number of piperidine rings is 1. The fourth-order valence-electron chi connectivity index (χ4n) is 4.50. The molecule has 1 aliphatic heterocycles. The second-order valence-electron chi connectivity index (χ2n) is 8.77. The maximum absolute atomic E-state index is 13.2. The predicted molar refractivity (Wildman–Crippen MR) is 121 cm³/mol. The molecule has 1 heterocycles. The van der Waals surface area contributed by atoms with Gasteiger partial charge in [0.2, 0.25) is 5.91 Å². The fraction of sp³-hybridized carbons (Fsp3) is 0.500. The van der Waals surface area contributed by atoms with Crippen molar-refractivity contribution in [1.82, 2.24) is 10.2 Å². The highest BCUT2D eigenvalue weighted by atomic mass is 16.1. The highest BCUT2D eigenvalue weighted by molar-refractivity contribution is 5.87. The number of benzene rings is 2. The standard InChI is InChI=1S/C26H36N2O/c1-19-9-13-23(14-10-19)25(24-15-11-20(2)12-16-24)26(29)27-17-6-18-28-21(3)7-5-8-22(28)4/h9-16,21-22,25H,5-8,17-18H2,1-4H3,(H,27,29). The van der Waals surface area contributed by atoms with Gasteiger partial charge in [0.25, 0.3) is 0 Å². The molecule has 0 bridgehead atoms. The molecule has 1 fully saturated rings. The van der Waals surface area contributed by atoms with E-state index >= 15 is 0 Å². The minimum Gasteiger partial charge on any atom is -0.355 e. The van der Waals surface area contributed by atoms with Crippen molar-refractivity contribution in [3.05, 3.63) is 70.8 Å². The van der Waals surface area contributed by atoms with E-state index in [1.165, 1.54) is 30.4 Å². The van der Waals surface area contributed by atoms with Gasteiger partial charge in [0, 0.05) is 25.2 Å². The molecule has 1 aliphatic rings. The Morgan fingerprint density at radius 1 is 0.931 bits per heavy atom. The molecule has 2 unspecified atom stereocenters. The van der Waals surface area contributed by atoms with Gasteiger partial charge < -0.3 is 5.32 Å². The number of amides is 1. The molecule has 1 saturated heterocycles. The number of nitrogens with one attached hydrogen (secondary N) is 1. The minimum atomic E-state index is -0.260. The highest BCUT2D eigenvalue weighted by Crippen LogP contribution is 2.26. The lowest BCUT2D eigenvalue weighted by Gasteiger charge is -2.39. The number of carbonyl (C=O) groups is 1. The van der Waals surface area contributed by atoms with Gasteiger partial charge in [0.15, 0.2) is 0 Å². The van der Waals surface area contributed by atoms with E-state index in [0.29, 0.717) is 12.1 Å². The van der Waals surface area contributed by atoms with Gasteiger partial charge in [-0.25, -0.2) is 0 Å². The molecule has 1 amide bonds. The molecule has 29 heavy (non-hydrogen) atoms. The first-order chi connectivity index (χ1) is 14.0. The molecule has 3 nitrogen and oxygen atoms in total. The Morgan fingerprint density at radius 2 is 1.41 bits per heavy atom. The Balaban J connectivity index is 1.64. The summed E-state index contributed by atoms with van der Waals surface area (Å²) in [5.74, 6) is -0.165. The van der Waals surface area contributed by atoms with Crippen LogP contribution in [0.4, 0.5) is 0 Å². The van der Waals surface area contributed by atoms with Gasteiger partial charge in [-0.15, -0.1) is 0 Å². The number of carbonyl (C=O) groups excluding carboxylic acids is 1. The van der Waals surface area contributed by atoms with Crippen LogP contribution in [0.3, 0.4) is 0 Å². The van der Waals surface area contributed by atoms with Crippen LogP contribution < -0.4 is 5.32 Å². The van der Waals surface area contributed by atoms with Crippen LogP contribution in [0.15, 0.2) is 48.5 Å². The van der Waals surface area contributed by atoms with E-state index in [1.807, 2.05) is 0 Å². The van der Waals surface area contributed by atoms with Gasteiger partial charge in [0.05, 0.1) is 5.92 Å². The lowest BCUT2D eigenvalue weighted by molar-refractivity contribution is -0.121. The first kappa shape index (κ1) is 21.6. The van der Waals surface area contributed by atoms with Crippen LogP contribution in [0.5, 0.6) is 0 Å². The predicted octanol–water partition coefficient (Wildman–Crippen LogP) is 5.20. The van der Waals surface area contributed by atoms with Gasteiger partial charge in [-0.3, -0.25) is 9.69 Å². The van der Waals surface area contributed by atoms with E-state index in [2.05, 4.69) is 86.4 Å². The van der Waals surface area contributed by atoms with E-state index in [4.69, 9.17) is 0 Å². The number of nitrogens with zero attached hydrogens (tertiary/aromatic N) is 1. The smallest absolute Gasteiger partial charge is 0.232 e. The molecule has 2 aromatic carbocycles. The average Bonchev–Trinajstić information content (AvgIpc) is 2.70. The fourth-order valence-corrected chi connectivity index (χ4v) is 4.50. The van der Waals surface area contributed by atoms with Gasteiger partial charge >= 0.3 is 0 Å². The maximum Gasteiger partial charge on any atom is 0.232 e. The minimum absolute atomic E-state index is 0.0949. The van der Waals surface area contributed by atoms with E-state index in [1.54, 1.807) is 0 Å². The van der Waals surface area contributed by atoms with Crippen LogP contribution in [0.2, 0.25) is 0 Å². The molecular weight excluding hydrogens is 356 g/mol. The van der Waals surface area contributed by atoms with Crippen molar-refractivity contribution in [2.24, 2.45) is 0 Å². The number of hydrogen-bond acceptors (Lipinski definition) is 2. The lowest BCUT2D eigenvalue weighted by Crippen LogP contribution is -2.45.